The molecule has 6 nitrogen and oxygen atoms in total. The number of aryl methyl sites for hydroxylation is 2. The fourth-order valence-corrected chi connectivity index (χ4v) is 4.25. The van der Waals surface area contributed by atoms with Gasteiger partial charge in [-0.1, -0.05) is 12.1 Å². The van der Waals surface area contributed by atoms with Crippen LogP contribution >= 0.6 is 11.3 Å². The van der Waals surface area contributed by atoms with E-state index in [-0.39, 0.29) is 16.4 Å². The largest absolute Gasteiger partial charge is 0.396 e. The number of primary sulfonamides is 1. The molecule has 124 valence electrons. The molecule has 2 rings (SSSR count). The first kappa shape index (κ1) is 17.6. The highest BCUT2D eigenvalue weighted by molar-refractivity contribution is 7.89. The van der Waals surface area contributed by atoms with Crippen molar-refractivity contribution in [2.45, 2.75) is 25.2 Å². The first-order chi connectivity index (χ1) is 10.7. The summed E-state index contributed by atoms with van der Waals surface area (Å²) in [5.74, 6) is -0.509. The number of hydrogen-bond donors (Lipinski definition) is 3. The van der Waals surface area contributed by atoms with Gasteiger partial charge in [0.1, 0.15) is 9.77 Å². The lowest BCUT2D eigenvalue weighted by Gasteiger charge is -2.13. The topological polar surface area (TPSA) is 109 Å². The molecule has 23 heavy (non-hydrogen) atoms. The fraction of sp³-hybridized carbons (Fsp3) is 0.267. The van der Waals surface area contributed by atoms with Crippen molar-refractivity contribution in [1.29, 1.82) is 0 Å². The SMILES string of the molecule is Cc1cc(CCO)cc(C)c1NC(=O)c1sccc1S(N)(=O)=O. The second-order valence-corrected chi connectivity index (χ2v) is 7.64. The van der Waals surface area contributed by atoms with Crippen LogP contribution in [0.25, 0.3) is 0 Å². The Morgan fingerprint density at radius 1 is 1.30 bits per heavy atom. The van der Waals surface area contributed by atoms with E-state index >= 15 is 0 Å². The Hall–Kier alpha value is -1.74. The lowest BCUT2D eigenvalue weighted by atomic mass is 10.0. The quantitative estimate of drug-likeness (QED) is 0.760. The number of anilines is 1. The third-order valence-corrected chi connectivity index (χ3v) is 5.37. The van der Waals surface area contributed by atoms with Crippen molar-refractivity contribution in [3.8, 4) is 0 Å². The number of carbonyl (C=O) groups is 1. The Morgan fingerprint density at radius 3 is 2.43 bits per heavy atom. The monoisotopic (exact) mass is 354 g/mol. The number of carbonyl (C=O) groups excluding carboxylic acids is 1. The molecule has 1 aromatic carbocycles. The van der Waals surface area contributed by atoms with Gasteiger partial charge in [-0.2, -0.15) is 0 Å². The maximum atomic E-state index is 12.4. The lowest BCUT2D eigenvalue weighted by Crippen LogP contribution is -2.19. The molecule has 0 fully saturated rings. The molecule has 1 heterocycles. The van der Waals surface area contributed by atoms with E-state index in [1.54, 1.807) is 0 Å². The highest BCUT2D eigenvalue weighted by Gasteiger charge is 2.21. The van der Waals surface area contributed by atoms with Gasteiger partial charge in [0, 0.05) is 12.3 Å². The van der Waals surface area contributed by atoms with Crippen LogP contribution in [0.3, 0.4) is 0 Å². The minimum absolute atomic E-state index is 0.0531. The molecule has 0 radical (unpaired) electrons. The van der Waals surface area contributed by atoms with Crippen LogP contribution < -0.4 is 10.5 Å². The number of nitrogens with one attached hydrogen (secondary N) is 1. The van der Waals surface area contributed by atoms with Gasteiger partial charge in [-0.05, 0) is 48.4 Å². The molecule has 4 N–H and O–H groups in total. The molecule has 0 saturated carbocycles. The maximum absolute atomic E-state index is 12.4. The Balaban J connectivity index is 2.33. The van der Waals surface area contributed by atoms with E-state index < -0.39 is 15.9 Å². The highest BCUT2D eigenvalue weighted by Crippen LogP contribution is 2.26. The number of aliphatic hydroxyl groups excluding tert-OH is 1. The van der Waals surface area contributed by atoms with Crippen LogP contribution in [-0.4, -0.2) is 26.0 Å². The molecule has 0 unspecified atom stereocenters. The van der Waals surface area contributed by atoms with Gasteiger partial charge in [-0.15, -0.1) is 11.3 Å². The van der Waals surface area contributed by atoms with Gasteiger partial charge >= 0.3 is 0 Å². The molecular weight excluding hydrogens is 336 g/mol. The van der Waals surface area contributed by atoms with Gasteiger partial charge in [0.05, 0.1) is 0 Å². The number of benzene rings is 1. The Morgan fingerprint density at radius 2 is 1.91 bits per heavy atom. The molecule has 0 aliphatic heterocycles. The van der Waals surface area contributed by atoms with Crippen LogP contribution in [0.4, 0.5) is 5.69 Å². The van der Waals surface area contributed by atoms with Gasteiger partial charge in [-0.25, -0.2) is 13.6 Å². The first-order valence-electron chi connectivity index (χ1n) is 6.86. The average molecular weight is 354 g/mol. The van der Waals surface area contributed by atoms with Gasteiger partial charge in [-0.3, -0.25) is 4.79 Å². The number of thiophene rings is 1. The van der Waals surface area contributed by atoms with Crippen LogP contribution in [0.1, 0.15) is 26.4 Å². The second kappa shape index (κ2) is 6.79. The second-order valence-electron chi connectivity index (χ2n) is 5.19. The summed E-state index contributed by atoms with van der Waals surface area (Å²) in [6.45, 7) is 3.74. The molecule has 0 bridgehead atoms. The van der Waals surface area contributed by atoms with Crippen LogP contribution in [0, 0.1) is 13.8 Å². The summed E-state index contributed by atoms with van der Waals surface area (Å²) in [5.41, 5.74) is 3.29. The van der Waals surface area contributed by atoms with Gasteiger partial charge in [0.2, 0.25) is 10.0 Å². The van der Waals surface area contributed by atoms with Crippen molar-refractivity contribution < 1.29 is 18.3 Å². The predicted octanol–water partition coefficient (Wildman–Crippen LogP) is 1.80. The molecule has 0 aliphatic carbocycles. The van der Waals surface area contributed by atoms with E-state index in [2.05, 4.69) is 5.32 Å². The van der Waals surface area contributed by atoms with Crippen LogP contribution in [0.2, 0.25) is 0 Å². The lowest BCUT2D eigenvalue weighted by molar-refractivity contribution is 0.102. The fourth-order valence-electron chi connectivity index (χ4n) is 2.38. The molecule has 0 atom stereocenters. The summed E-state index contributed by atoms with van der Waals surface area (Å²) in [6.07, 6.45) is 0.538. The number of aliphatic hydroxyl groups is 1. The number of sulfonamides is 1. The minimum Gasteiger partial charge on any atom is -0.396 e. The standard InChI is InChI=1S/C15H18N2O4S2/c1-9-7-11(3-5-18)8-10(2)13(9)17-15(19)14-12(4-6-22-14)23(16,20)21/h4,6-8,18H,3,5H2,1-2H3,(H,17,19)(H2,16,20,21). The van der Waals surface area contributed by atoms with Crippen LogP contribution in [-0.2, 0) is 16.4 Å². The zero-order valence-electron chi connectivity index (χ0n) is 12.8. The summed E-state index contributed by atoms with van der Waals surface area (Å²) in [5, 5.41) is 18.4. The highest BCUT2D eigenvalue weighted by atomic mass is 32.2. The first-order valence-corrected chi connectivity index (χ1v) is 9.29. The number of nitrogens with two attached hydrogens (primary N) is 1. The smallest absolute Gasteiger partial charge is 0.267 e. The van der Waals surface area contributed by atoms with Crippen molar-refractivity contribution in [2.75, 3.05) is 11.9 Å². The van der Waals surface area contributed by atoms with E-state index in [1.807, 2.05) is 26.0 Å². The molecule has 1 amide bonds. The van der Waals surface area contributed by atoms with E-state index in [9.17, 15) is 13.2 Å². The molecule has 0 saturated heterocycles. The summed E-state index contributed by atoms with van der Waals surface area (Å²) < 4.78 is 23.0. The summed E-state index contributed by atoms with van der Waals surface area (Å²) in [7, 11) is -3.94. The average Bonchev–Trinajstić information content (AvgIpc) is 2.92. The molecule has 1 aromatic heterocycles. The normalized spacial score (nSPS) is 11.5. The van der Waals surface area contributed by atoms with Crippen LogP contribution in [0.5, 0.6) is 0 Å². The number of rotatable bonds is 5. The molecule has 8 heteroatoms. The van der Waals surface area contributed by atoms with Crippen molar-refractivity contribution in [3.05, 3.63) is 45.1 Å². The maximum Gasteiger partial charge on any atom is 0.267 e. The molecule has 0 spiro atoms. The summed E-state index contributed by atoms with van der Waals surface area (Å²) in [4.78, 5) is 12.3. The Labute approximate surface area is 139 Å². The Bertz CT molecular complexity index is 818. The zero-order chi connectivity index (χ0) is 17.2. The van der Waals surface area contributed by atoms with Gasteiger partial charge < -0.3 is 10.4 Å². The van der Waals surface area contributed by atoms with E-state index in [4.69, 9.17) is 10.2 Å². The third-order valence-electron chi connectivity index (χ3n) is 3.37. The number of hydrogen-bond acceptors (Lipinski definition) is 5. The third kappa shape index (κ3) is 3.97. The molecule has 2 aromatic rings. The molecule has 0 aliphatic rings. The number of amides is 1. The van der Waals surface area contributed by atoms with E-state index in [1.165, 1.54) is 11.4 Å². The Kier molecular flexibility index (Phi) is 5.20. The van der Waals surface area contributed by atoms with Crippen molar-refractivity contribution >= 4 is 33.0 Å². The van der Waals surface area contributed by atoms with E-state index in [0.717, 1.165) is 28.0 Å². The van der Waals surface area contributed by atoms with Crippen molar-refractivity contribution in [1.82, 2.24) is 0 Å². The van der Waals surface area contributed by atoms with Gasteiger partial charge in [0.15, 0.2) is 0 Å². The van der Waals surface area contributed by atoms with Crippen LogP contribution in [0.15, 0.2) is 28.5 Å². The van der Waals surface area contributed by atoms with Crippen molar-refractivity contribution in [2.24, 2.45) is 5.14 Å². The zero-order valence-corrected chi connectivity index (χ0v) is 14.4. The van der Waals surface area contributed by atoms with Gasteiger partial charge in [0.25, 0.3) is 5.91 Å². The minimum atomic E-state index is -3.94. The predicted molar refractivity (Wildman–Crippen MR) is 90.4 cm³/mol. The summed E-state index contributed by atoms with van der Waals surface area (Å²) >= 11 is 1.02. The summed E-state index contributed by atoms with van der Waals surface area (Å²) in [6, 6.07) is 5.08. The van der Waals surface area contributed by atoms with Crippen molar-refractivity contribution in [3.63, 3.8) is 0 Å². The van der Waals surface area contributed by atoms with E-state index in [0.29, 0.717) is 12.1 Å². The molecular formula is C15H18N2O4S2.